The van der Waals surface area contributed by atoms with Crippen molar-refractivity contribution in [2.45, 2.75) is 37.5 Å². The number of sulfone groups is 1. The van der Waals surface area contributed by atoms with E-state index in [2.05, 4.69) is 4.99 Å². The van der Waals surface area contributed by atoms with Gasteiger partial charge in [-0.1, -0.05) is 23.5 Å². The number of hydrogen-bond acceptors (Lipinski definition) is 5. The van der Waals surface area contributed by atoms with Gasteiger partial charge < -0.3 is 9.30 Å². The van der Waals surface area contributed by atoms with Gasteiger partial charge in [0, 0.05) is 18.7 Å². The van der Waals surface area contributed by atoms with Crippen LogP contribution in [-0.4, -0.2) is 37.4 Å². The average Bonchev–Trinajstić information content (AvgIpc) is 3.05. The Morgan fingerprint density at radius 3 is 2.48 bits per heavy atom. The molecule has 0 atom stereocenters. The summed E-state index contributed by atoms with van der Waals surface area (Å²) in [6, 6.07) is 13.8. The van der Waals surface area contributed by atoms with Gasteiger partial charge in [-0.15, -0.1) is 0 Å². The van der Waals surface area contributed by atoms with Crippen molar-refractivity contribution in [3.8, 4) is 0 Å². The molecule has 1 aromatic heterocycles. The van der Waals surface area contributed by atoms with Gasteiger partial charge in [-0.05, 0) is 57.2 Å². The third kappa shape index (κ3) is 4.66. The molecule has 1 amide bonds. The molecule has 154 valence electrons. The Labute approximate surface area is 174 Å². The van der Waals surface area contributed by atoms with E-state index in [1.54, 1.807) is 13.8 Å². The Bertz CT molecular complexity index is 1170. The van der Waals surface area contributed by atoms with Crippen LogP contribution in [0.3, 0.4) is 0 Å². The number of thiazole rings is 1. The van der Waals surface area contributed by atoms with Gasteiger partial charge in [0.25, 0.3) is 5.91 Å². The van der Waals surface area contributed by atoms with E-state index in [1.165, 1.54) is 35.6 Å². The number of carbonyl (C=O) groups excluding carboxylic acids is 1. The lowest BCUT2D eigenvalue weighted by Gasteiger charge is -2.07. The van der Waals surface area contributed by atoms with E-state index in [4.69, 9.17) is 4.74 Å². The molecule has 0 aliphatic heterocycles. The third-order valence-corrected chi connectivity index (χ3v) is 7.73. The maximum absolute atomic E-state index is 12.7. The van der Waals surface area contributed by atoms with Crippen LogP contribution in [0.5, 0.6) is 0 Å². The largest absolute Gasteiger partial charge is 0.380 e. The molecular weight excluding hydrogens is 408 g/mol. The van der Waals surface area contributed by atoms with Gasteiger partial charge in [-0.2, -0.15) is 4.99 Å². The molecule has 0 aliphatic rings. The van der Waals surface area contributed by atoms with Crippen molar-refractivity contribution in [3.05, 3.63) is 58.9 Å². The number of fused-ring (bicyclic) bond motifs is 1. The fraction of sp³-hybridized carbons (Fsp3) is 0.333. The Morgan fingerprint density at radius 2 is 1.83 bits per heavy atom. The highest BCUT2D eigenvalue weighted by Gasteiger charge is 2.19. The second kappa shape index (κ2) is 9.02. The highest BCUT2D eigenvalue weighted by Crippen LogP contribution is 2.18. The molecule has 29 heavy (non-hydrogen) atoms. The summed E-state index contributed by atoms with van der Waals surface area (Å²) >= 11 is 1.44. The zero-order valence-electron chi connectivity index (χ0n) is 16.7. The van der Waals surface area contributed by atoms with Crippen molar-refractivity contribution in [1.82, 2.24) is 4.57 Å². The fourth-order valence-electron chi connectivity index (χ4n) is 2.83. The minimum Gasteiger partial charge on any atom is -0.380 e. The van der Waals surface area contributed by atoms with Gasteiger partial charge in [0.2, 0.25) is 0 Å². The molecule has 1 heterocycles. The molecule has 8 heteroatoms. The van der Waals surface area contributed by atoms with E-state index >= 15 is 0 Å². The Kier molecular flexibility index (Phi) is 6.66. The van der Waals surface area contributed by atoms with Crippen molar-refractivity contribution in [2.75, 3.05) is 13.2 Å². The molecule has 3 rings (SSSR count). The van der Waals surface area contributed by atoms with Gasteiger partial charge in [-0.3, -0.25) is 4.79 Å². The third-order valence-electron chi connectivity index (χ3n) is 4.50. The lowest BCUT2D eigenvalue weighted by Crippen LogP contribution is -2.19. The molecule has 3 aromatic rings. The predicted octanol–water partition coefficient (Wildman–Crippen LogP) is 3.66. The Morgan fingerprint density at radius 1 is 1.14 bits per heavy atom. The first kappa shape index (κ1) is 21.4. The summed E-state index contributed by atoms with van der Waals surface area (Å²) in [5.41, 5.74) is 1.35. The SMILES string of the molecule is CCOCCn1c(=NC(=O)c2ccc(S(=O)(=O)C(C)C)cc2)sc2ccccc21. The number of aromatic nitrogens is 1. The van der Waals surface area contributed by atoms with Gasteiger partial charge in [-0.25, -0.2) is 8.42 Å². The zero-order valence-corrected chi connectivity index (χ0v) is 18.3. The topological polar surface area (TPSA) is 77.7 Å². The van der Waals surface area contributed by atoms with Gasteiger partial charge in [0.05, 0.1) is 27.0 Å². The van der Waals surface area contributed by atoms with Crippen molar-refractivity contribution >= 4 is 37.3 Å². The van der Waals surface area contributed by atoms with Crippen LogP contribution in [0.4, 0.5) is 0 Å². The second-order valence-corrected chi connectivity index (χ2v) is 10.2. The molecule has 0 unspecified atom stereocenters. The molecule has 0 saturated heterocycles. The van der Waals surface area contributed by atoms with Crippen LogP contribution in [0.2, 0.25) is 0 Å². The predicted molar refractivity (Wildman–Crippen MR) is 115 cm³/mol. The number of amides is 1. The summed E-state index contributed by atoms with van der Waals surface area (Å²) in [7, 11) is -3.37. The van der Waals surface area contributed by atoms with Crippen LogP contribution >= 0.6 is 11.3 Å². The second-order valence-electron chi connectivity index (χ2n) is 6.74. The quantitative estimate of drug-likeness (QED) is 0.534. The number of nitrogens with zero attached hydrogens (tertiary/aromatic N) is 2. The smallest absolute Gasteiger partial charge is 0.279 e. The minimum atomic E-state index is -3.37. The summed E-state index contributed by atoms with van der Waals surface area (Å²) < 4.78 is 33.0. The Balaban J connectivity index is 1.96. The number of rotatable bonds is 7. The van der Waals surface area contributed by atoms with Crippen LogP contribution in [0.1, 0.15) is 31.1 Å². The van der Waals surface area contributed by atoms with E-state index in [9.17, 15) is 13.2 Å². The molecular formula is C21H24N2O4S2. The van der Waals surface area contributed by atoms with E-state index in [-0.39, 0.29) is 4.90 Å². The maximum Gasteiger partial charge on any atom is 0.279 e. The van der Waals surface area contributed by atoms with Crippen LogP contribution in [0, 0.1) is 0 Å². The highest BCUT2D eigenvalue weighted by atomic mass is 32.2. The molecule has 0 N–H and O–H groups in total. The van der Waals surface area contributed by atoms with E-state index < -0.39 is 21.0 Å². The first-order valence-electron chi connectivity index (χ1n) is 9.43. The molecule has 0 fully saturated rings. The molecule has 0 bridgehead atoms. The molecule has 0 radical (unpaired) electrons. The normalized spacial score (nSPS) is 12.8. The standard InChI is InChI=1S/C21H24N2O4S2/c1-4-27-14-13-23-18-7-5-6-8-19(18)28-21(23)22-20(24)16-9-11-17(12-10-16)29(25,26)15(2)3/h5-12,15H,4,13-14H2,1-3H3. The summed E-state index contributed by atoms with van der Waals surface area (Å²) in [6.45, 7) is 6.95. The van der Waals surface area contributed by atoms with E-state index in [1.807, 2.05) is 35.8 Å². The van der Waals surface area contributed by atoms with Gasteiger partial charge in [0.15, 0.2) is 14.6 Å². The first-order valence-corrected chi connectivity index (χ1v) is 11.8. The van der Waals surface area contributed by atoms with E-state index in [0.717, 1.165) is 10.2 Å². The minimum absolute atomic E-state index is 0.206. The summed E-state index contributed by atoms with van der Waals surface area (Å²) in [6.07, 6.45) is 0. The first-order chi connectivity index (χ1) is 13.8. The molecule has 0 spiro atoms. The Hall–Kier alpha value is -2.29. The average molecular weight is 433 g/mol. The lowest BCUT2D eigenvalue weighted by molar-refractivity contribution is 0.0996. The number of para-hydroxylation sites is 1. The van der Waals surface area contributed by atoms with Crippen LogP contribution in [0.25, 0.3) is 10.2 Å². The van der Waals surface area contributed by atoms with Gasteiger partial charge in [0.1, 0.15) is 0 Å². The van der Waals surface area contributed by atoms with Crippen molar-refractivity contribution in [1.29, 1.82) is 0 Å². The van der Waals surface area contributed by atoms with Crippen LogP contribution in [-0.2, 0) is 21.1 Å². The molecule has 6 nitrogen and oxygen atoms in total. The monoisotopic (exact) mass is 432 g/mol. The summed E-state index contributed by atoms with van der Waals surface area (Å²) in [5, 5.41) is -0.517. The van der Waals surface area contributed by atoms with Crippen molar-refractivity contribution in [3.63, 3.8) is 0 Å². The van der Waals surface area contributed by atoms with Crippen molar-refractivity contribution in [2.24, 2.45) is 4.99 Å². The van der Waals surface area contributed by atoms with Crippen molar-refractivity contribution < 1.29 is 17.9 Å². The molecule has 0 saturated carbocycles. The van der Waals surface area contributed by atoms with E-state index in [0.29, 0.717) is 30.1 Å². The highest BCUT2D eigenvalue weighted by molar-refractivity contribution is 7.92. The van der Waals surface area contributed by atoms with Crippen LogP contribution in [0.15, 0.2) is 58.4 Å². The summed E-state index contributed by atoms with van der Waals surface area (Å²) in [4.78, 5) is 17.8. The lowest BCUT2D eigenvalue weighted by atomic mass is 10.2. The molecule has 2 aromatic carbocycles. The fourth-order valence-corrected chi connectivity index (χ4v) is 4.95. The number of ether oxygens (including phenoxy) is 1. The number of hydrogen-bond donors (Lipinski definition) is 0. The molecule has 0 aliphatic carbocycles. The van der Waals surface area contributed by atoms with Crippen LogP contribution < -0.4 is 4.80 Å². The summed E-state index contributed by atoms with van der Waals surface area (Å²) in [5.74, 6) is -0.407. The van der Waals surface area contributed by atoms with Gasteiger partial charge >= 0.3 is 0 Å². The maximum atomic E-state index is 12.7. The number of carbonyl (C=O) groups is 1. The zero-order chi connectivity index (χ0) is 21.0. The number of benzene rings is 2.